The van der Waals surface area contributed by atoms with E-state index < -0.39 is 23.3 Å². The zero-order chi connectivity index (χ0) is 16.3. The molecule has 0 saturated carbocycles. The van der Waals surface area contributed by atoms with Crippen LogP contribution in [0.4, 0.5) is 23.2 Å². The van der Waals surface area contributed by atoms with E-state index in [0.29, 0.717) is 5.56 Å². The molecule has 0 fully saturated rings. The highest BCUT2D eigenvalue weighted by atomic mass is 19.4. The van der Waals surface area contributed by atoms with E-state index in [9.17, 15) is 22.4 Å². The van der Waals surface area contributed by atoms with Gasteiger partial charge < -0.3 is 5.32 Å². The summed E-state index contributed by atoms with van der Waals surface area (Å²) in [5.74, 6) is -0.902. The zero-order valence-corrected chi connectivity index (χ0v) is 11.7. The van der Waals surface area contributed by atoms with Crippen LogP contribution in [-0.2, 0) is 6.18 Å². The molecule has 0 aliphatic carbocycles. The van der Waals surface area contributed by atoms with Gasteiger partial charge in [-0.05, 0) is 36.8 Å². The Labute approximate surface area is 124 Å². The van der Waals surface area contributed by atoms with Gasteiger partial charge in [-0.1, -0.05) is 18.2 Å². The number of nitrogens with one attached hydrogen (secondary N) is 1. The van der Waals surface area contributed by atoms with Crippen molar-refractivity contribution in [2.75, 3.05) is 11.9 Å². The number of carbonyl (C=O) groups excluding carboxylic acids is 1. The zero-order valence-electron chi connectivity index (χ0n) is 11.7. The second-order valence-corrected chi connectivity index (χ2v) is 4.82. The van der Waals surface area contributed by atoms with Crippen molar-refractivity contribution in [3.8, 4) is 0 Å². The molecule has 0 radical (unpaired) electrons. The summed E-state index contributed by atoms with van der Waals surface area (Å²) in [7, 11) is 0. The number of ketones is 1. The number of rotatable bonds is 4. The van der Waals surface area contributed by atoms with Gasteiger partial charge in [0.05, 0.1) is 12.1 Å². The molecule has 6 heteroatoms. The van der Waals surface area contributed by atoms with Crippen LogP contribution in [0.2, 0.25) is 0 Å². The SMILES string of the molecule is Cc1ccc(C(=O)CNc2cccc(C(F)(F)F)c2)cc1F. The average Bonchev–Trinajstić information content (AvgIpc) is 2.47. The van der Waals surface area contributed by atoms with Crippen LogP contribution in [0, 0.1) is 12.7 Å². The van der Waals surface area contributed by atoms with Crippen LogP contribution in [0.15, 0.2) is 42.5 Å². The van der Waals surface area contributed by atoms with Crippen molar-refractivity contribution in [3.63, 3.8) is 0 Å². The van der Waals surface area contributed by atoms with Gasteiger partial charge in [-0.3, -0.25) is 4.79 Å². The van der Waals surface area contributed by atoms with Gasteiger partial charge in [-0.2, -0.15) is 13.2 Å². The molecule has 0 atom stereocenters. The molecule has 0 unspecified atom stereocenters. The molecule has 0 aromatic heterocycles. The Hall–Kier alpha value is -2.37. The van der Waals surface area contributed by atoms with E-state index in [0.717, 1.165) is 18.2 Å². The molecule has 0 saturated heterocycles. The number of benzene rings is 2. The fourth-order valence-electron chi connectivity index (χ4n) is 1.86. The van der Waals surface area contributed by atoms with Crippen LogP contribution in [0.1, 0.15) is 21.5 Å². The lowest BCUT2D eigenvalue weighted by molar-refractivity contribution is -0.137. The Morgan fingerprint density at radius 3 is 2.50 bits per heavy atom. The minimum Gasteiger partial charge on any atom is -0.378 e. The third-order valence-corrected chi connectivity index (χ3v) is 3.14. The Kier molecular flexibility index (Phi) is 4.49. The van der Waals surface area contributed by atoms with Crippen molar-refractivity contribution in [2.24, 2.45) is 0 Å². The fraction of sp³-hybridized carbons (Fsp3) is 0.188. The van der Waals surface area contributed by atoms with Crippen LogP contribution in [0.5, 0.6) is 0 Å². The number of hydrogen-bond acceptors (Lipinski definition) is 2. The summed E-state index contributed by atoms with van der Waals surface area (Å²) < 4.78 is 51.1. The largest absolute Gasteiger partial charge is 0.416 e. The molecule has 0 spiro atoms. The lowest BCUT2D eigenvalue weighted by Gasteiger charge is -2.10. The number of Topliss-reactive ketones (excluding diaryl/α,β-unsaturated/α-hetero) is 1. The number of carbonyl (C=O) groups is 1. The summed E-state index contributed by atoms with van der Waals surface area (Å²) >= 11 is 0. The molecular weight excluding hydrogens is 298 g/mol. The standard InChI is InChI=1S/C16H13F4NO/c1-10-5-6-11(7-14(10)17)15(22)9-21-13-4-2-3-12(8-13)16(18,19)20/h2-8,21H,9H2,1H3. The molecule has 2 nitrogen and oxygen atoms in total. The molecule has 0 bridgehead atoms. The van der Waals surface area contributed by atoms with Crippen molar-refractivity contribution < 1.29 is 22.4 Å². The van der Waals surface area contributed by atoms with Gasteiger partial charge in [0.2, 0.25) is 0 Å². The second-order valence-electron chi connectivity index (χ2n) is 4.82. The van der Waals surface area contributed by atoms with Gasteiger partial charge in [-0.25, -0.2) is 4.39 Å². The predicted molar refractivity (Wildman–Crippen MR) is 75.4 cm³/mol. The van der Waals surface area contributed by atoms with Gasteiger partial charge in [0.1, 0.15) is 5.82 Å². The van der Waals surface area contributed by atoms with Crippen molar-refractivity contribution >= 4 is 11.5 Å². The Morgan fingerprint density at radius 2 is 1.86 bits per heavy atom. The minimum absolute atomic E-state index is 0.169. The first-order valence-electron chi connectivity index (χ1n) is 6.48. The molecule has 22 heavy (non-hydrogen) atoms. The predicted octanol–water partition coefficient (Wildman–Crippen LogP) is 4.45. The minimum atomic E-state index is -4.44. The molecule has 1 N–H and O–H groups in total. The first-order valence-corrected chi connectivity index (χ1v) is 6.48. The lowest BCUT2D eigenvalue weighted by Crippen LogP contribution is -2.15. The Morgan fingerprint density at radius 1 is 1.14 bits per heavy atom. The van der Waals surface area contributed by atoms with E-state index in [1.165, 1.54) is 24.3 Å². The molecule has 0 amide bonds. The maximum atomic E-state index is 13.4. The van der Waals surface area contributed by atoms with Crippen molar-refractivity contribution in [1.82, 2.24) is 0 Å². The molecule has 0 heterocycles. The van der Waals surface area contributed by atoms with E-state index in [-0.39, 0.29) is 17.8 Å². The van der Waals surface area contributed by atoms with Crippen LogP contribution >= 0.6 is 0 Å². The molecule has 2 rings (SSSR count). The van der Waals surface area contributed by atoms with Crippen LogP contribution in [0.3, 0.4) is 0 Å². The fourth-order valence-corrected chi connectivity index (χ4v) is 1.86. The normalized spacial score (nSPS) is 11.3. The maximum Gasteiger partial charge on any atom is 0.416 e. The quantitative estimate of drug-likeness (QED) is 0.668. The molecular formula is C16H13F4NO. The topological polar surface area (TPSA) is 29.1 Å². The van der Waals surface area contributed by atoms with Gasteiger partial charge in [0, 0.05) is 11.3 Å². The smallest absolute Gasteiger partial charge is 0.378 e. The molecule has 2 aromatic rings. The summed E-state index contributed by atoms with van der Waals surface area (Å²) in [5.41, 5.74) is -0.0351. The van der Waals surface area contributed by atoms with Gasteiger partial charge >= 0.3 is 6.18 Å². The highest BCUT2D eigenvalue weighted by Crippen LogP contribution is 2.30. The lowest BCUT2D eigenvalue weighted by atomic mass is 10.1. The van der Waals surface area contributed by atoms with Gasteiger partial charge in [0.25, 0.3) is 0 Å². The molecule has 116 valence electrons. The molecule has 0 aliphatic rings. The van der Waals surface area contributed by atoms with Crippen molar-refractivity contribution in [3.05, 3.63) is 65.0 Å². The van der Waals surface area contributed by atoms with Crippen LogP contribution in [-0.4, -0.2) is 12.3 Å². The van der Waals surface area contributed by atoms with Crippen molar-refractivity contribution in [2.45, 2.75) is 13.1 Å². The van der Waals surface area contributed by atoms with E-state index in [4.69, 9.17) is 0 Å². The number of halogens is 4. The van der Waals surface area contributed by atoms with Gasteiger partial charge in [0.15, 0.2) is 5.78 Å². The summed E-state index contributed by atoms with van der Waals surface area (Å²) in [6.45, 7) is 1.36. The number of aryl methyl sites for hydroxylation is 1. The number of alkyl halides is 3. The number of anilines is 1. The van der Waals surface area contributed by atoms with Crippen molar-refractivity contribution in [1.29, 1.82) is 0 Å². The van der Waals surface area contributed by atoms with Gasteiger partial charge in [-0.15, -0.1) is 0 Å². The maximum absolute atomic E-state index is 13.4. The highest BCUT2D eigenvalue weighted by Gasteiger charge is 2.30. The molecule has 0 aliphatic heterocycles. The van der Waals surface area contributed by atoms with E-state index in [1.807, 2.05) is 0 Å². The van der Waals surface area contributed by atoms with E-state index in [1.54, 1.807) is 6.92 Å². The van der Waals surface area contributed by atoms with Crippen LogP contribution in [0.25, 0.3) is 0 Å². The number of hydrogen-bond donors (Lipinski definition) is 1. The van der Waals surface area contributed by atoms with E-state index in [2.05, 4.69) is 5.32 Å². The first kappa shape index (κ1) is 16.0. The molecule has 2 aromatic carbocycles. The summed E-state index contributed by atoms with van der Waals surface area (Å²) in [5, 5.41) is 2.62. The van der Waals surface area contributed by atoms with Crippen LogP contribution < -0.4 is 5.32 Å². The Bertz CT molecular complexity index is 695. The third-order valence-electron chi connectivity index (χ3n) is 3.14. The third kappa shape index (κ3) is 3.84. The monoisotopic (exact) mass is 311 g/mol. The summed E-state index contributed by atoms with van der Waals surface area (Å²) in [4.78, 5) is 11.9. The first-order chi connectivity index (χ1) is 10.3. The highest BCUT2D eigenvalue weighted by molar-refractivity contribution is 5.99. The summed E-state index contributed by atoms with van der Waals surface area (Å²) in [6, 6.07) is 8.62. The second kappa shape index (κ2) is 6.17. The van der Waals surface area contributed by atoms with E-state index >= 15 is 0 Å². The Balaban J connectivity index is 2.06. The average molecular weight is 311 g/mol. The summed E-state index contributed by atoms with van der Waals surface area (Å²) in [6.07, 6.45) is -4.44.